The first-order valence-electron chi connectivity index (χ1n) is 19.2. The number of carbonyl (C=O) groups excluding carboxylic acids is 3. The fourth-order valence-electron chi connectivity index (χ4n) is 11.2. The average molecular weight is 747 g/mol. The number of carbonyl (C=O) groups is 3. The van der Waals surface area contributed by atoms with Gasteiger partial charge in [-0.2, -0.15) is 0 Å². The number of benzene rings is 5. The Balaban J connectivity index is 1.26. The molecule has 3 amide bonds. The number of anilines is 2. The summed E-state index contributed by atoms with van der Waals surface area (Å²) in [6, 6.07) is 41.3. The lowest BCUT2D eigenvalue weighted by molar-refractivity contribution is -0.141. The Bertz CT molecular complexity index is 2370. The van der Waals surface area contributed by atoms with Crippen molar-refractivity contribution in [2.45, 2.75) is 55.3 Å². The Morgan fingerprint density at radius 3 is 2.18 bits per heavy atom. The minimum absolute atomic E-state index is 0.134. The SMILES string of the molecule is COC(=O)N1c2ccccc2[C@]23CCO[C@]12N([C@@H](C)c1ccccc1)[C@@H]1N(C)c2cccc(OCc4ccccc4)c2[C@@]13CCN1C(=O)c2ccccc2C1=O. The summed E-state index contributed by atoms with van der Waals surface area (Å²) in [6.07, 6.45) is -0.0591. The summed E-state index contributed by atoms with van der Waals surface area (Å²) in [4.78, 5) is 50.5. The number of hydrogen-bond donors (Lipinski definition) is 0. The highest BCUT2D eigenvalue weighted by molar-refractivity contribution is 6.21. The molecule has 0 aromatic heterocycles. The van der Waals surface area contributed by atoms with E-state index in [2.05, 4.69) is 48.0 Å². The zero-order valence-electron chi connectivity index (χ0n) is 31.6. The maximum absolute atomic E-state index is 14.5. The van der Waals surface area contributed by atoms with Crippen LogP contribution in [0.4, 0.5) is 16.2 Å². The highest BCUT2D eigenvalue weighted by Crippen LogP contribution is 2.78. The molecule has 2 saturated heterocycles. The van der Waals surface area contributed by atoms with Gasteiger partial charge >= 0.3 is 6.09 Å². The molecule has 0 N–H and O–H groups in total. The Hall–Kier alpha value is -5.97. The van der Waals surface area contributed by atoms with E-state index in [1.165, 1.54) is 12.0 Å². The van der Waals surface area contributed by atoms with Gasteiger partial charge in [-0.3, -0.25) is 14.5 Å². The third kappa shape index (κ3) is 4.20. The van der Waals surface area contributed by atoms with Crippen molar-refractivity contribution in [3.63, 3.8) is 0 Å². The van der Waals surface area contributed by atoms with Crippen LogP contribution >= 0.6 is 0 Å². The average Bonchev–Trinajstić information content (AvgIpc) is 3.95. The molecule has 0 unspecified atom stereocenters. The van der Waals surface area contributed by atoms with E-state index < -0.39 is 28.9 Å². The van der Waals surface area contributed by atoms with E-state index in [1.54, 1.807) is 29.2 Å². The highest BCUT2D eigenvalue weighted by atomic mass is 16.6. The number of methoxy groups -OCH3 is 1. The molecular weight excluding hydrogens is 705 g/mol. The van der Waals surface area contributed by atoms with Gasteiger partial charge in [0.05, 0.1) is 47.5 Å². The number of likely N-dealkylation sites (N-methyl/N-ethyl adjacent to an activating group) is 1. The molecule has 5 aliphatic heterocycles. The predicted molar refractivity (Wildman–Crippen MR) is 211 cm³/mol. The largest absolute Gasteiger partial charge is 0.489 e. The van der Waals surface area contributed by atoms with Crippen LogP contribution in [0.5, 0.6) is 5.75 Å². The lowest BCUT2D eigenvalue weighted by atomic mass is 9.55. The molecule has 10 rings (SSSR count). The first-order valence-corrected chi connectivity index (χ1v) is 19.2. The van der Waals surface area contributed by atoms with Crippen LogP contribution in [0.25, 0.3) is 0 Å². The Morgan fingerprint density at radius 2 is 1.46 bits per heavy atom. The number of para-hydroxylation sites is 1. The molecule has 5 atom stereocenters. The van der Waals surface area contributed by atoms with Crippen molar-refractivity contribution in [2.75, 3.05) is 37.1 Å². The zero-order valence-corrected chi connectivity index (χ0v) is 31.6. The van der Waals surface area contributed by atoms with E-state index in [1.807, 2.05) is 78.9 Å². The van der Waals surface area contributed by atoms with Crippen LogP contribution in [0.1, 0.15) is 68.8 Å². The maximum atomic E-state index is 14.5. The van der Waals surface area contributed by atoms with Crippen LogP contribution < -0.4 is 14.5 Å². The molecule has 5 aromatic carbocycles. The van der Waals surface area contributed by atoms with E-state index in [9.17, 15) is 14.4 Å². The maximum Gasteiger partial charge on any atom is 0.417 e. The van der Waals surface area contributed by atoms with Crippen molar-refractivity contribution in [2.24, 2.45) is 0 Å². The Kier molecular flexibility index (Phi) is 7.72. The predicted octanol–water partition coefficient (Wildman–Crippen LogP) is 7.64. The zero-order chi connectivity index (χ0) is 38.4. The number of likely N-dealkylation sites (tertiary alicyclic amines) is 1. The summed E-state index contributed by atoms with van der Waals surface area (Å²) in [5.41, 5.74) is 4.67. The molecule has 0 radical (unpaired) electrons. The fraction of sp³-hybridized carbons (Fsp3) is 0.283. The summed E-state index contributed by atoms with van der Waals surface area (Å²) in [7, 11) is 3.50. The number of ether oxygens (including phenoxy) is 3. The summed E-state index contributed by atoms with van der Waals surface area (Å²) in [5.74, 6) is -1.27. The van der Waals surface area contributed by atoms with Gasteiger partial charge in [-0.15, -0.1) is 0 Å². The molecule has 10 heteroatoms. The molecule has 5 aromatic rings. The number of nitrogens with zero attached hydrogens (tertiary/aromatic N) is 4. The second kappa shape index (κ2) is 12.5. The normalized spacial score (nSPS) is 26.1. The topological polar surface area (TPSA) is 91.9 Å². The van der Waals surface area contributed by atoms with E-state index in [4.69, 9.17) is 14.2 Å². The molecule has 5 aliphatic rings. The number of fused-ring (bicyclic) bond motifs is 5. The summed E-state index contributed by atoms with van der Waals surface area (Å²) in [5, 5.41) is 0. The Morgan fingerprint density at radius 1 is 0.821 bits per heavy atom. The van der Waals surface area contributed by atoms with E-state index >= 15 is 0 Å². The number of rotatable bonds is 8. The van der Waals surface area contributed by atoms with Gasteiger partial charge in [-0.1, -0.05) is 97.1 Å². The molecule has 56 heavy (non-hydrogen) atoms. The van der Waals surface area contributed by atoms with Gasteiger partial charge in [0, 0.05) is 30.9 Å². The monoisotopic (exact) mass is 746 g/mol. The van der Waals surface area contributed by atoms with E-state index in [-0.39, 0.29) is 24.4 Å². The van der Waals surface area contributed by atoms with Crippen molar-refractivity contribution in [3.8, 4) is 5.75 Å². The first-order chi connectivity index (χ1) is 27.3. The van der Waals surface area contributed by atoms with Crippen LogP contribution in [0.3, 0.4) is 0 Å². The highest BCUT2D eigenvalue weighted by Gasteiger charge is 2.87. The molecule has 2 fully saturated rings. The van der Waals surface area contributed by atoms with Gasteiger partial charge in [0.25, 0.3) is 11.8 Å². The fourth-order valence-corrected chi connectivity index (χ4v) is 11.2. The third-order valence-electron chi connectivity index (χ3n) is 13.2. The lowest BCUT2D eigenvalue weighted by Crippen LogP contribution is -2.66. The molecule has 282 valence electrons. The van der Waals surface area contributed by atoms with Gasteiger partial charge in [0.2, 0.25) is 5.85 Å². The van der Waals surface area contributed by atoms with Crippen molar-refractivity contribution < 1.29 is 28.6 Å². The summed E-state index contributed by atoms with van der Waals surface area (Å²) >= 11 is 0. The van der Waals surface area contributed by atoms with Crippen molar-refractivity contribution in [3.05, 3.63) is 161 Å². The van der Waals surface area contributed by atoms with Crippen molar-refractivity contribution in [1.29, 1.82) is 0 Å². The molecule has 10 nitrogen and oxygen atoms in total. The van der Waals surface area contributed by atoms with Crippen LogP contribution in [-0.4, -0.2) is 67.0 Å². The molecule has 0 aliphatic carbocycles. The quantitative estimate of drug-likeness (QED) is 0.150. The van der Waals surface area contributed by atoms with Crippen LogP contribution in [0.2, 0.25) is 0 Å². The van der Waals surface area contributed by atoms with Crippen LogP contribution in [0.15, 0.2) is 127 Å². The molecule has 5 heterocycles. The van der Waals surface area contributed by atoms with Gasteiger partial charge in [0.1, 0.15) is 12.4 Å². The minimum Gasteiger partial charge on any atom is -0.489 e. The minimum atomic E-state index is -1.37. The van der Waals surface area contributed by atoms with Crippen LogP contribution in [-0.2, 0) is 26.9 Å². The number of imide groups is 1. The van der Waals surface area contributed by atoms with Gasteiger partial charge in [-0.05, 0) is 66.8 Å². The molecular formula is C46H42N4O6. The second-order valence-corrected chi connectivity index (χ2v) is 15.4. The smallest absolute Gasteiger partial charge is 0.417 e. The number of hydrogen-bond acceptors (Lipinski definition) is 8. The van der Waals surface area contributed by atoms with Gasteiger partial charge < -0.3 is 19.1 Å². The molecule has 0 bridgehead atoms. The lowest BCUT2D eigenvalue weighted by Gasteiger charge is -2.49. The van der Waals surface area contributed by atoms with E-state index in [0.717, 1.165) is 27.9 Å². The standard InChI is InChI=1S/C46H42N4O6/c1-30(32-17-8-5-9-18-32)49-42-44(25-27-48-40(51)33-19-10-11-20-34(33)41(48)52,39-37(47(42)2)23-14-24-38(39)55-29-31-15-6-4-7-16-31)45-26-28-56-46(45,49)50(43(53)54-3)36-22-13-12-21-35(36)45/h4-24,30,42H,25-29H2,1-3H3/t30-,42-,44-,45-,46+/m0/s1. The van der Waals surface area contributed by atoms with E-state index in [0.29, 0.717) is 48.6 Å². The summed E-state index contributed by atoms with van der Waals surface area (Å²) < 4.78 is 19.8. The molecule has 0 spiro atoms. The Labute approximate surface area is 325 Å². The van der Waals surface area contributed by atoms with Crippen molar-refractivity contribution in [1.82, 2.24) is 9.80 Å². The summed E-state index contributed by atoms with van der Waals surface area (Å²) in [6.45, 7) is 2.99. The molecule has 0 saturated carbocycles. The number of amides is 3. The van der Waals surface area contributed by atoms with Crippen molar-refractivity contribution >= 4 is 29.3 Å². The van der Waals surface area contributed by atoms with Crippen LogP contribution in [0, 0.1) is 0 Å². The van der Waals surface area contributed by atoms with Gasteiger partial charge in [-0.25, -0.2) is 14.6 Å². The first kappa shape index (κ1) is 34.5. The third-order valence-corrected chi connectivity index (χ3v) is 13.2. The van der Waals surface area contributed by atoms with Gasteiger partial charge in [0.15, 0.2) is 0 Å². The second-order valence-electron chi connectivity index (χ2n) is 15.4.